The van der Waals surface area contributed by atoms with E-state index in [0.29, 0.717) is 33.5 Å². The number of nitrogens with two attached hydrogens (primary N) is 1. The van der Waals surface area contributed by atoms with Crippen molar-refractivity contribution in [1.82, 2.24) is 20.5 Å². The molecule has 1 amide bonds. The van der Waals surface area contributed by atoms with Crippen LogP contribution in [0.5, 0.6) is 0 Å². The number of anilines is 2. The van der Waals surface area contributed by atoms with Crippen molar-refractivity contribution in [3.8, 4) is 11.3 Å². The number of halogens is 2. The van der Waals surface area contributed by atoms with Gasteiger partial charge in [0, 0.05) is 18.3 Å². The normalized spacial score (nSPS) is 11.5. The fourth-order valence-corrected chi connectivity index (χ4v) is 4.94. The number of nitrogen functional groups attached to an aromatic ring is 1. The number of rotatable bonds is 5. The summed E-state index contributed by atoms with van der Waals surface area (Å²) < 4.78 is 27.9. The SMILES string of the molecule is CNC(=O)c1cc(-c2ccc(NS(=O)(=O)c3cccc(Cl)c3Cl)cc2)nc2n[nH]c(N)c12. The van der Waals surface area contributed by atoms with Gasteiger partial charge in [-0.25, -0.2) is 13.4 Å². The van der Waals surface area contributed by atoms with E-state index >= 15 is 0 Å². The molecule has 164 valence electrons. The predicted octanol–water partition coefficient (Wildman–Crippen LogP) is 3.67. The minimum Gasteiger partial charge on any atom is -0.383 e. The lowest BCUT2D eigenvalue weighted by Crippen LogP contribution is -2.18. The highest BCUT2D eigenvalue weighted by atomic mass is 35.5. The van der Waals surface area contributed by atoms with Crippen LogP contribution in [-0.2, 0) is 10.0 Å². The molecule has 4 aromatic rings. The fraction of sp³-hybridized carbons (Fsp3) is 0.0500. The van der Waals surface area contributed by atoms with E-state index < -0.39 is 10.0 Å². The van der Waals surface area contributed by atoms with Crippen LogP contribution in [0.25, 0.3) is 22.3 Å². The number of pyridine rings is 1. The van der Waals surface area contributed by atoms with Gasteiger partial charge in [0.05, 0.1) is 26.7 Å². The first-order valence-electron chi connectivity index (χ1n) is 9.15. The van der Waals surface area contributed by atoms with E-state index in [2.05, 4.69) is 25.2 Å². The summed E-state index contributed by atoms with van der Waals surface area (Å²) in [6.45, 7) is 0. The molecule has 2 heterocycles. The quantitative estimate of drug-likeness (QED) is 0.336. The lowest BCUT2D eigenvalue weighted by Gasteiger charge is -2.11. The standard InChI is InChI=1S/C20H16Cl2N6O3S/c1-24-20(29)12-9-14(25-19-16(12)18(23)26-27-19)10-5-7-11(8-6-10)28-32(30,31)15-4-2-3-13(21)17(15)22/h2-9,28H,1H3,(H,24,29)(H3,23,25,26,27). The Balaban J connectivity index is 1.68. The Morgan fingerprint density at radius 3 is 2.53 bits per heavy atom. The number of fused-ring (bicyclic) bond motifs is 1. The zero-order chi connectivity index (χ0) is 23.0. The number of H-pyrrole nitrogens is 1. The Labute approximate surface area is 193 Å². The van der Waals surface area contributed by atoms with Crippen LogP contribution in [0.15, 0.2) is 53.4 Å². The average Bonchev–Trinajstić information content (AvgIpc) is 3.15. The van der Waals surface area contributed by atoms with Gasteiger partial charge in [0.25, 0.3) is 15.9 Å². The molecule has 0 saturated heterocycles. The predicted molar refractivity (Wildman–Crippen MR) is 124 cm³/mol. The molecule has 0 unspecified atom stereocenters. The van der Waals surface area contributed by atoms with Crippen LogP contribution in [0.3, 0.4) is 0 Å². The van der Waals surface area contributed by atoms with Crippen LogP contribution in [0.1, 0.15) is 10.4 Å². The summed E-state index contributed by atoms with van der Waals surface area (Å²) in [6.07, 6.45) is 0. The summed E-state index contributed by atoms with van der Waals surface area (Å²) in [7, 11) is -2.44. The minimum absolute atomic E-state index is 0.0594. The molecule has 5 N–H and O–H groups in total. The van der Waals surface area contributed by atoms with Gasteiger partial charge in [0.2, 0.25) is 0 Å². The maximum Gasteiger partial charge on any atom is 0.263 e. The topological polar surface area (TPSA) is 143 Å². The largest absolute Gasteiger partial charge is 0.383 e. The summed E-state index contributed by atoms with van der Waals surface area (Å²) in [4.78, 5) is 16.6. The second-order valence-electron chi connectivity index (χ2n) is 6.70. The number of carbonyl (C=O) groups excluding carboxylic acids is 1. The molecule has 9 nitrogen and oxygen atoms in total. The van der Waals surface area contributed by atoms with E-state index in [4.69, 9.17) is 28.9 Å². The summed E-state index contributed by atoms with van der Waals surface area (Å²) >= 11 is 12.0. The maximum absolute atomic E-state index is 12.7. The monoisotopic (exact) mass is 490 g/mol. The molecule has 4 rings (SSSR count). The smallest absolute Gasteiger partial charge is 0.263 e. The van der Waals surface area contributed by atoms with Crippen molar-refractivity contribution in [2.45, 2.75) is 4.90 Å². The molecule has 32 heavy (non-hydrogen) atoms. The number of hydrogen-bond donors (Lipinski definition) is 4. The number of sulfonamides is 1. The highest BCUT2D eigenvalue weighted by Crippen LogP contribution is 2.31. The van der Waals surface area contributed by atoms with Gasteiger partial charge < -0.3 is 11.1 Å². The Morgan fingerprint density at radius 2 is 1.84 bits per heavy atom. The zero-order valence-corrected chi connectivity index (χ0v) is 18.8. The lowest BCUT2D eigenvalue weighted by atomic mass is 10.1. The average molecular weight is 491 g/mol. The Kier molecular flexibility index (Phi) is 5.68. The number of aromatic amines is 1. The van der Waals surface area contributed by atoms with Gasteiger partial charge in [-0.05, 0) is 30.3 Å². The highest BCUT2D eigenvalue weighted by molar-refractivity contribution is 7.92. The van der Waals surface area contributed by atoms with Crippen LogP contribution in [0.2, 0.25) is 10.0 Å². The second kappa shape index (κ2) is 8.30. The molecule has 0 fully saturated rings. The fourth-order valence-electron chi connectivity index (χ4n) is 3.12. The van der Waals surface area contributed by atoms with E-state index in [0.717, 1.165) is 0 Å². The summed E-state index contributed by atoms with van der Waals surface area (Å²) in [6, 6.07) is 12.4. The molecule has 0 atom stereocenters. The van der Waals surface area contributed by atoms with Crippen molar-refractivity contribution in [1.29, 1.82) is 0 Å². The minimum atomic E-state index is -3.95. The van der Waals surface area contributed by atoms with Crippen LogP contribution in [0, 0.1) is 0 Å². The van der Waals surface area contributed by atoms with Crippen LogP contribution in [0.4, 0.5) is 11.5 Å². The van der Waals surface area contributed by atoms with Crippen LogP contribution < -0.4 is 15.8 Å². The van der Waals surface area contributed by atoms with Crippen molar-refractivity contribution in [3.63, 3.8) is 0 Å². The van der Waals surface area contributed by atoms with Crippen molar-refractivity contribution in [2.24, 2.45) is 0 Å². The zero-order valence-electron chi connectivity index (χ0n) is 16.5. The number of hydrogen-bond acceptors (Lipinski definition) is 6. The van der Waals surface area contributed by atoms with Gasteiger partial charge in [-0.1, -0.05) is 41.4 Å². The Morgan fingerprint density at radius 1 is 1.12 bits per heavy atom. The number of nitrogens with zero attached hydrogens (tertiary/aromatic N) is 2. The number of amides is 1. The third-order valence-corrected chi connectivity index (χ3v) is 7.02. The van der Waals surface area contributed by atoms with Crippen molar-refractivity contribution < 1.29 is 13.2 Å². The Hall–Kier alpha value is -3.34. The molecule has 0 saturated carbocycles. The summed E-state index contributed by atoms with van der Waals surface area (Å²) in [5.41, 5.74) is 7.91. The molecule has 0 aliphatic rings. The summed E-state index contributed by atoms with van der Waals surface area (Å²) in [5.74, 6) is -0.100. The van der Waals surface area contributed by atoms with E-state index in [-0.39, 0.29) is 26.7 Å². The first-order chi connectivity index (χ1) is 15.2. The third kappa shape index (κ3) is 3.95. The molecule has 0 radical (unpaired) electrons. The van der Waals surface area contributed by atoms with Crippen molar-refractivity contribution in [2.75, 3.05) is 17.5 Å². The summed E-state index contributed by atoms with van der Waals surface area (Å²) in [5, 5.41) is 9.73. The van der Waals surface area contributed by atoms with Crippen LogP contribution >= 0.6 is 23.2 Å². The third-order valence-electron chi connectivity index (χ3n) is 4.66. The second-order valence-corrected chi connectivity index (χ2v) is 9.14. The number of carbonyl (C=O) groups is 1. The molecule has 0 bridgehead atoms. The lowest BCUT2D eigenvalue weighted by molar-refractivity contribution is 0.0964. The van der Waals surface area contributed by atoms with Gasteiger partial charge >= 0.3 is 0 Å². The molecular formula is C20H16Cl2N6O3S. The highest BCUT2D eigenvalue weighted by Gasteiger charge is 2.20. The first-order valence-corrected chi connectivity index (χ1v) is 11.4. The molecule has 2 aromatic carbocycles. The molecular weight excluding hydrogens is 475 g/mol. The van der Waals surface area contributed by atoms with Gasteiger partial charge in [-0.3, -0.25) is 14.6 Å². The van der Waals surface area contributed by atoms with Crippen molar-refractivity contribution in [3.05, 3.63) is 64.1 Å². The maximum atomic E-state index is 12.7. The van der Waals surface area contributed by atoms with Gasteiger partial charge in [0.15, 0.2) is 5.65 Å². The van der Waals surface area contributed by atoms with E-state index in [1.807, 2.05) is 0 Å². The molecule has 0 aliphatic heterocycles. The Bertz CT molecular complexity index is 1450. The van der Waals surface area contributed by atoms with Crippen molar-refractivity contribution >= 4 is 61.7 Å². The van der Waals surface area contributed by atoms with Crippen LogP contribution in [-0.4, -0.2) is 36.6 Å². The van der Waals surface area contributed by atoms with E-state index in [1.165, 1.54) is 25.2 Å². The van der Waals surface area contributed by atoms with E-state index in [9.17, 15) is 13.2 Å². The van der Waals surface area contributed by atoms with Gasteiger partial charge in [-0.15, -0.1) is 0 Å². The van der Waals surface area contributed by atoms with Gasteiger partial charge in [0.1, 0.15) is 10.7 Å². The van der Waals surface area contributed by atoms with E-state index in [1.54, 1.807) is 30.3 Å². The van der Waals surface area contributed by atoms with Gasteiger partial charge in [-0.2, -0.15) is 5.10 Å². The molecule has 0 aliphatic carbocycles. The number of aromatic nitrogens is 3. The number of nitrogens with one attached hydrogen (secondary N) is 3. The molecule has 0 spiro atoms. The molecule has 12 heteroatoms. The molecule has 2 aromatic heterocycles. The number of benzene rings is 2. The first kappa shape index (κ1) is 21.9.